The number of aryl methyl sites for hydroxylation is 1. The molecule has 0 aliphatic carbocycles. The van der Waals surface area contributed by atoms with E-state index in [0.717, 1.165) is 16.9 Å². The fraction of sp³-hybridized carbons (Fsp3) is 0.538. The van der Waals surface area contributed by atoms with Crippen LogP contribution in [0.2, 0.25) is 0 Å². The number of nitrogens with zero attached hydrogens (tertiary/aromatic N) is 2. The summed E-state index contributed by atoms with van der Waals surface area (Å²) in [6.07, 6.45) is 1.35. The first kappa shape index (κ1) is 26.0. The van der Waals surface area contributed by atoms with E-state index in [4.69, 9.17) is 0 Å². The summed E-state index contributed by atoms with van der Waals surface area (Å²) in [5.74, 6) is -0.0592. The fourth-order valence-electron chi connectivity index (χ4n) is 3.39. The molecule has 2 amide bonds. The molecule has 0 fully saturated rings. The molecular formula is C26H37FN2O2S. The molecule has 1 heterocycles. The predicted molar refractivity (Wildman–Crippen MR) is 130 cm³/mol. The van der Waals surface area contributed by atoms with Crippen LogP contribution in [0.1, 0.15) is 62.8 Å². The molecule has 6 heteroatoms. The van der Waals surface area contributed by atoms with Gasteiger partial charge in [-0.15, -0.1) is 11.3 Å². The largest absolute Gasteiger partial charge is 0.333 e. The molecule has 176 valence electrons. The van der Waals surface area contributed by atoms with Crippen LogP contribution in [0.25, 0.3) is 0 Å². The first-order valence-electron chi connectivity index (χ1n) is 11.3. The molecule has 0 aliphatic heterocycles. The van der Waals surface area contributed by atoms with Crippen LogP contribution in [0.3, 0.4) is 0 Å². The van der Waals surface area contributed by atoms with Gasteiger partial charge < -0.3 is 9.80 Å². The van der Waals surface area contributed by atoms with Crippen molar-refractivity contribution in [1.82, 2.24) is 9.80 Å². The Hall–Kier alpha value is -2.21. The van der Waals surface area contributed by atoms with Gasteiger partial charge in [0.15, 0.2) is 0 Å². The van der Waals surface area contributed by atoms with Crippen molar-refractivity contribution in [3.8, 4) is 0 Å². The van der Waals surface area contributed by atoms with Crippen LogP contribution in [-0.2, 0) is 22.7 Å². The highest BCUT2D eigenvalue weighted by Gasteiger charge is 2.26. The van der Waals surface area contributed by atoms with Gasteiger partial charge >= 0.3 is 0 Å². The maximum absolute atomic E-state index is 13.4. The molecular weight excluding hydrogens is 423 g/mol. The molecule has 2 aromatic rings. The Kier molecular flexibility index (Phi) is 9.44. The fourth-order valence-corrected chi connectivity index (χ4v) is 4.30. The SMILES string of the molecule is CCC(C)CN(CC(=O)N(Cc1ccc(F)cc1)Cc1ccc(C)s1)C(=O)CC(C)(C)C. The van der Waals surface area contributed by atoms with Crippen LogP contribution in [0, 0.1) is 24.1 Å². The molecule has 0 spiro atoms. The van der Waals surface area contributed by atoms with Crippen molar-refractivity contribution in [3.05, 3.63) is 57.5 Å². The third-order valence-corrected chi connectivity index (χ3v) is 6.36. The smallest absolute Gasteiger partial charge is 0.242 e. The average molecular weight is 461 g/mol. The summed E-state index contributed by atoms with van der Waals surface area (Å²) in [5, 5.41) is 0. The Morgan fingerprint density at radius 1 is 1.00 bits per heavy atom. The van der Waals surface area contributed by atoms with Crippen LogP contribution in [0.15, 0.2) is 36.4 Å². The minimum Gasteiger partial charge on any atom is -0.333 e. The van der Waals surface area contributed by atoms with Gasteiger partial charge in [0.25, 0.3) is 0 Å². The quantitative estimate of drug-likeness (QED) is 0.434. The molecule has 0 aliphatic rings. The van der Waals surface area contributed by atoms with Crippen molar-refractivity contribution in [2.24, 2.45) is 11.3 Å². The number of carbonyl (C=O) groups excluding carboxylic acids is 2. The van der Waals surface area contributed by atoms with Crippen molar-refractivity contribution in [2.75, 3.05) is 13.1 Å². The van der Waals surface area contributed by atoms with Crippen molar-refractivity contribution in [2.45, 2.75) is 67.5 Å². The van der Waals surface area contributed by atoms with Gasteiger partial charge in [-0.1, -0.05) is 53.2 Å². The number of thiophene rings is 1. The van der Waals surface area contributed by atoms with E-state index in [0.29, 0.717) is 32.0 Å². The van der Waals surface area contributed by atoms with Crippen molar-refractivity contribution >= 4 is 23.2 Å². The zero-order valence-corrected chi connectivity index (χ0v) is 21.1. The number of hydrogen-bond donors (Lipinski definition) is 0. The van der Waals surface area contributed by atoms with Gasteiger partial charge in [0.2, 0.25) is 11.8 Å². The molecule has 1 atom stereocenters. The summed E-state index contributed by atoms with van der Waals surface area (Å²) >= 11 is 1.66. The Morgan fingerprint density at radius 3 is 2.19 bits per heavy atom. The van der Waals surface area contributed by atoms with Gasteiger partial charge in [-0.25, -0.2) is 4.39 Å². The summed E-state index contributed by atoms with van der Waals surface area (Å²) < 4.78 is 13.4. The Bertz CT molecular complexity index is 886. The second-order valence-electron chi connectivity index (χ2n) is 9.91. The molecule has 32 heavy (non-hydrogen) atoms. The lowest BCUT2D eigenvalue weighted by atomic mass is 9.91. The molecule has 2 rings (SSSR count). The van der Waals surface area contributed by atoms with Gasteiger partial charge in [0.1, 0.15) is 5.82 Å². The molecule has 0 saturated heterocycles. The summed E-state index contributed by atoms with van der Waals surface area (Å²) in [5.41, 5.74) is 0.721. The van der Waals surface area contributed by atoms with E-state index in [9.17, 15) is 14.0 Å². The summed E-state index contributed by atoms with van der Waals surface area (Å²) in [6, 6.07) is 10.3. The number of carbonyl (C=O) groups is 2. The molecule has 1 unspecified atom stereocenters. The maximum atomic E-state index is 13.4. The predicted octanol–water partition coefficient (Wildman–Crippen LogP) is 6.04. The van der Waals surface area contributed by atoms with E-state index in [1.807, 2.05) is 39.8 Å². The first-order chi connectivity index (χ1) is 15.0. The third kappa shape index (κ3) is 8.73. The molecule has 0 N–H and O–H groups in total. The summed E-state index contributed by atoms with van der Waals surface area (Å²) in [7, 11) is 0. The van der Waals surface area contributed by atoms with Crippen molar-refractivity contribution in [3.63, 3.8) is 0 Å². The van der Waals surface area contributed by atoms with E-state index < -0.39 is 0 Å². The monoisotopic (exact) mass is 460 g/mol. The van der Waals surface area contributed by atoms with Gasteiger partial charge in [-0.05, 0) is 48.1 Å². The van der Waals surface area contributed by atoms with Gasteiger partial charge in [0.05, 0.1) is 13.1 Å². The summed E-state index contributed by atoms with van der Waals surface area (Å²) in [6.45, 7) is 13.8. The second-order valence-corrected chi connectivity index (χ2v) is 11.3. The normalized spacial score (nSPS) is 12.5. The molecule has 0 radical (unpaired) electrons. The van der Waals surface area contributed by atoms with Gasteiger partial charge in [-0.3, -0.25) is 9.59 Å². The third-order valence-electron chi connectivity index (χ3n) is 5.37. The standard InChI is InChI=1S/C26H37FN2O2S/c1-7-19(2)15-28(24(30)14-26(4,5)6)18-25(31)29(17-23-13-8-20(3)32-23)16-21-9-11-22(27)12-10-21/h8-13,19H,7,14-18H2,1-6H3. The maximum Gasteiger partial charge on any atom is 0.242 e. The topological polar surface area (TPSA) is 40.6 Å². The van der Waals surface area contributed by atoms with E-state index in [-0.39, 0.29) is 29.6 Å². The van der Waals surface area contributed by atoms with Crippen molar-refractivity contribution < 1.29 is 14.0 Å². The lowest BCUT2D eigenvalue weighted by molar-refractivity contribution is -0.142. The highest BCUT2D eigenvalue weighted by Crippen LogP contribution is 2.22. The minimum absolute atomic E-state index is 0.0138. The molecule has 1 aromatic heterocycles. The van der Waals surface area contributed by atoms with E-state index in [2.05, 4.69) is 13.8 Å². The lowest BCUT2D eigenvalue weighted by Crippen LogP contribution is -2.44. The van der Waals surface area contributed by atoms with Crippen LogP contribution in [-0.4, -0.2) is 34.7 Å². The van der Waals surface area contributed by atoms with E-state index in [1.54, 1.807) is 33.3 Å². The molecule has 0 bridgehead atoms. The molecule has 4 nitrogen and oxygen atoms in total. The van der Waals surface area contributed by atoms with Gasteiger partial charge in [0, 0.05) is 29.3 Å². The highest BCUT2D eigenvalue weighted by molar-refractivity contribution is 7.11. The number of halogens is 1. The zero-order chi connectivity index (χ0) is 23.9. The average Bonchev–Trinajstić information content (AvgIpc) is 3.11. The van der Waals surface area contributed by atoms with Crippen LogP contribution in [0.5, 0.6) is 0 Å². The number of rotatable bonds is 10. The van der Waals surface area contributed by atoms with Crippen LogP contribution >= 0.6 is 11.3 Å². The van der Waals surface area contributed by atoms with Gasteiger partial charge in [-0.2, -0.15) is 0 Å². The Balaban J connectivity index is 2.22. The van der Waals surface area contributed by atoms with Crippen LogP contribution < -0.4 is 0 Å². The Labute approximate surface area is 196 Å². The lowest BCUT2D eigenvalue weighted by Gasteiger charge is -2.31. The van der Waals surface area contributed by atoms with E-state index >= 15 is 0 Å². The van der Waals surface area contributed by atoms with E-state index in [1.165, 1.54) is 17.0 Å². The summed E-state index contributed by atoms with van der Waals surface area (Å²) in [4.78, 5) is 32.2. The second kappa shape index (κ2) is 11.6. The van der Waals surface area contributed by atoms with Crippen molar-refractivity contribution in [1.29, 1.82) is 0 Å². The number of hydrogen-bond acceptors (Lipinski definition) is 3. The minimum atomic E-state index is -0.298. The zero-order valence-electron chi connectivity index (χ0n) is 20.3. The van der Waals surface area contributed by atoms with Crippen LogP contribution in [0.4, 0.5) is 4.39 Å². The Morgan fingerprint density at radius 2 is 1.66 bits per heavy atom. The number of amides is 2. The highest BCUT2D eigenvalue weighted by atomic mass is 32.1. The first-order valence-corrected chi connectivity index (χ1v) is 12.1. The molecule has 0 saturated carbocycles. The number of benzene rings is 1. The molecule has 1 aromatic carbocycles.